The van der Waals surface area contributed by atoms with E-state index < -0.39 is 0 Å². The maximum Gasteiger partial charge on any atom is 0.301 e. The highest BCUT2D eigenvalue weighted by Crippen LogP contribution is 2.32. The number of fused-ring (bicyclic) bond motifs is 1. The van der Waals surface area contributed by atoms with Gasteiger partial charge in [0.2, 0.25) is 0 Å². The van der Waals surface area contributed by atoms with E-state index in [1.165, 1.54) is 0 Å². The minimum absolute atomic E-state index is 0.0573. The van der Waals surface area contributed by atoms with Gasteiger partial charge in [-0.1, -0.05) is 12.2 Å². The summed E-state index contributed by atoms with van der Waals surface area (Å²) < 4.78 is 0. The normalized spacial score (nSPS) is 10.3. The highest BCUT2D eigenvalue weighted by molar-refractivity contribution is 5.94. The van der Waals surface area contributed by atoms with E-state index in [9.17, 15) is 10.1 Å². The summed E-state index contributed by atoms with van der Waals surface area (Å²) in [4.78, 5) is 14.9. The van der Waals surface area contributed by atoms with Crippen molar-refractivity contribution >= 4 is 22.3 Å². The van der Waals surface area contributed by atoms with Crippen molar-refractivity contribution < 1.29 is 4.92 Å². The van der Waals surface area contributed by atoms with Gasteiger partial charge in [0.25, 0.3) is 0 Å². The monoisotopic (exact) mass is 243 g/mol. The summed E-state index contributed by atoms with van der Waals surface area (Å²) in [5.74, 6) is 0. The molecule has 1 aromatic carbocycles. The van der Waals surface area contributed by atoms with Crippen LogP contribution in [0, 0.1) is 10.1 Å². The molecule has 0 unspecified atom stereocenters. The van der Waals surface area contributed by atoms with E-state index in [2.05, 4.69) is 16.9 Å². The van der Waals surface area contributed by atoms with Gasteiger partial charge < -0.3 is 5.32 Å². The Hall–Kier alpha value is -2.43. The first-order valence-corrected chi connectivity index (χ1v) is 5.50. The van der Waals surface area contributed by atoms with Crippen molar-refractivity contribution in [2.24, 2.45) is 0 Å². The SMILES string of the molecule is C=C(C)CNc1ccc2ncccc2c1[N+](=O)[O-]. The summed E-state index contributed by atoms with van der Waals surface area (Å²) in [6.45, 7) is 6.13. The van der Waals surface area contributed by atoms with Crippen LogP contribution in [0.2, 0.25) is 0 Å². The number of aromatic nitrogens is 1. The number of nitro groups is 1. The molecule has 5 nitrogen and oxygen atoms in total. The predicted molar refractivity (Wildman–Crippen MR) is 71.7 cm³/mol. The van der Waals surface area contributed by atoms with E-state index in [0.29, 0.717) is 23.1 Å². The molecule has 0 aliphatic carbocycles. The average Bonchev–Trinajstić information content (AvgIpc) is 2.35. The molecule has 0 amide bonds. The average molecular weight is 243 g/mol. The number of benzene rings is 1. The van der Waals surface area contributed by atoms with Gasteiger partial charge >= 0.3 is 5.69 Å². The molecule has 1 aromatic heterocycles. The quantitative estimate of drug-likeness (QED) is 0.509. The van der Waals surface area contributed by atoms with Crippen LogP contribution in [-0.2, 0) is 0 Å². The topological polar surface area (TPSA) is 68.1 Å². The minimum atomic E-state index is -0.384. The van der Waals surface area contributed by atoms with Crippen molar-refractivity contribution in [3.63, 3.8) is 0 Å². The van der Waals surface area contributed by atoms with Gasteiger partial charge in [0.15, 0.2) is 0 Å². The Morgan fingerprint density at radius 2 is 2.28 bits per heavy atom. The number of nitrogens with one attached hydrogen (secondary N) is 1. The van der Waals surface area contributed by atoms with Crippen LogP contribution >= 0.6 is 0 Å². The third kappa shape index (κ3) is 2.29. The number of hydrogen-bond donors (Lipinski definition) is 1. The molecule has 5 heteroatoms. The second kappa shape index (κ2) is 4.83. The fourth-order valence-electron chi connectivity index (χ4n) is 1.72. The third-order valence-electron chi connectivity index (χ3n) is 2.52. The summed E-state index contributed by atoms with van der Waals surface area (Å²) >= 11 is 0. The number of rotatable bonds is 4. The van der Waals surface area contributed by atoms with Crippen molar-refractivity contribution in [2.45, 2.75) is 6.92 Å². The molecule has 0 radical (unpaired) electrons. The smallest absolute Gasteiger partial charge is 0.301 e. The van der Waals surface area contributed by atoms with E-state index >= 15 is 0 Å². The molecule has 1 heterocycles. The number of pyridine rings is 1. The molecule has 1 N–H and O–H groups in total. The molecule has 0 aliphatic heterocycles. The van der Waals surface area contributed by atoms with E-state index in [-0.39, 0.29) is 10.6 Å². The number of nitrogens with zero attached hydrogens (tertiary/aromatic N) is 2. The Labute approximate surface area is 104 Å². The van der Waals surface area contributed by atoms with Crippen LogP contribution in [0.25, 0.3) is 10.9 Å². The molecular weight excluding hydrogens is 230 g/mol. The summed E-state index contributed by atoms with van der Waals surface area (Å²) in [6, 6.07) is 6.84. The van der Waals surface area contributed by atoms with Crippen molar-refractivity contribution in [3.8, 4) is 0 Å². The summed E-state index contributed by atoms with van der Waals surface area (Å²) in [7, 11) is 0. The first-order chi connectivity index (χ1) is 8.59. The lowest BCUT2D eigenvalue weighted by Crippen LogP contribution is -2.05. The van der Waals surface area contributed by atoms with Gasteiger partial charge in [-0.05, 0) is 31.2 Å². The molecule has 0 saturated heterocycles. The lowest BCUT2D eigenvalue weighted by atomic mass is 10.1. The predicted octanol–water partition coefficient (Wildman–Crippen LogP) is 3.13. The highest BCUT2D eigenvalue weighted by Gasteiger charge is 2.18. The third-order valence-corrected chi connectivity index (χ3v) is 2.52. The van der Waals surface area contributed by atoms with Gasteiger partial charge in [-0.15, -0.1) is 0 Å². The van der Waals surface area contributed by atoms with Gasteiger partial charge in [0.05, 0.1) is 15.8 Å². The number of hydrogen-bond acceptors (Lipinski definition) is 4. The van der Waals surface area contributed by atoms with Crippen LogP contribution in [0.5, 0.6) is 0 Å². The van der Waals surface area contributed by atoms with Crippen LogP contribution in [0.15, 0.2) is 42.6 Å². The zero-order valence-corrected chi connectivity index (χ0v) is 10.0. The van der Waals surface area contributed by atoms with Crippen LogP contribution in [-0.4, -0.2) is 16.5 Å². The largest absolute Gasteiger partial charge is 0.376 e. The molecule has 0 spiro atoms. The standard InChI is InChI=1S/C13H13N3O2/c1-9(2)8-15-12-6-5-11-10(4-3-7-14-11)13(12)16(17)18/h3-7,15H,1,8H2,2H3. The molecule has 0 atom stereocenters. The van der Waals surface area contributed by atoms with E-state index in [0.717, 1.165) is 5.57 Å². The van der Waals surface area contributed by atoms with E-state index in [4.69, 9.17) is 0 Å². The zero-order chi connectivity index (χ0) is 13.1. The van der Waals surface area contributed by atoms with Crippen molar-refractivity contribution in [1.82, 2.24) is 4.98 Å². The maximum atomic E-state index is 11.2. The molecule has 0 aliphatic rings. The molecule has 2 rings (SSSR count). The fourth-order valence-corrected chi connectivity index (χ4v) is 1.72. The van der Waals surface area contributed by atoms with Crippen LogP contribution in [0.4, 0.5) is 11.4 Å². The highest BCUT2D eigenvalue weighted by atomic mass is 16.6. The zero-order valence-electron chi connectivity index (χ0n) is 10.0. The first kappa shape index (κ1) is 12.0. The molecule has 18 heavy (non-hydrogen) atoms. The fraction of sp³-hybridized carbons (Fsp3) is 0.154. The maximum absolute atomic E-state index is 11.2. The summed E-state index contributed by atoms with van der Waals surface area (Å²) in [6.07, 6.45) is 1.62. The van der Waals surface area contributed by atoms with Gasteiger partial charge in [0, 0.05) is 12.7 Å². The molecular formula is C13H13N3O2. The number of anilines is 1. The Morgan fingerprint density at radius 3 is 2.94 bits per heavy atom. The lowest BCUT2D eigenvalue weighted by Gasteiger charge is -2.08. The van der Waals surface area contributed by atoms with E-state index in [1.54, 1.807) is 30.5 Å². The van der Waals surface area contributed by atoms with Gasteiger partial charge in [-0.2, -0.15) is 0 Å². The molecule has 2 aromatic rings. The van der Waals surface area contributed by atoms with Crippen molar-refractivity contribution in [1.29, 1.82) is 0 Å². The first-order valence-electron chi connectivity index (χ1n) is 5.50. The van der Waals surface area contributed by atoms with Crippen molar-refractivity contribution in [3.05, 3.63) is 52.7 Å². The Kier molecular flexibility index (Phi) is 3.23. The van der Waals surface area contributed by atoms with Gasteiger partial charge in [-0.3, -0.25) is 15.1 Å². The van der Waals surface area contributed by atoms with Gasteiger partial charge in [-0.25, -0.2) is 0 Å². The van der Waals surface area contributed by atoms with Crippen LogP contribution in [0.3, 0.4) is 0 Å². The molecule has 0 bridgehead atoms. The second-order valence-corrected chi connectivity index (χ2v) is 4.10. The van der Waals surface area contributed by atoms with E-state index in [1.807, 2.05) is 6.92 Å². The second-order valence-electron chi connectivity index (χ2n) is 4.10. The van der Waals surface area contributed by atoms with Crippen molar-refractivity contribution in [2.75, 3.05) is 11.9 Å². The lowest BCUT2D eigenvalue weighted by molar-refractivity contribution is -0.382. The Morgan fingerprint density at radius 1 is 1.50 bits per heavy atom. The molecule has 0 fully saturated rings. The summed E-state index contributed by atoms with van der Waals surface area (Å²) in [5.41, 5.74) is 2.08. The Balaban J connectivity index is 2.55. The van der Waals surface area contributed by atoms with Crippen LogP contribution < -0.4 is 5.32 Å². The van der Waals surface area contributed by atoms with Gasteiger partial charge in [0.1, 0.15) is 5.69 Å². The molecule has 92 valence electrons. The molecule has 0 saturated carbocycles. The Bertz CT molecular complexity index is 623. The summed E-state index contributed by atoms with van der Waals surface area (Å²) in [5, 5.41) is 14.7. The minimum Gasteiger partial charge on any atom is -0.376 e. The van der Waals surface area contributed by atoms with Crippen LogP contribution in [0.1, 0.15) is 6.92 Å². The number of nitro benzene ring substituents is 1.